The third kappa shape index (κ3) is 3.25. The van der Waals surface area contributed by atoms with Gasteiger partial charge in [-0.1, -0.05) is 18.2 Å². The van der Waals surface area contributed by atoms with Gasteiger partial charge < -0.3 is 14.6 Å². The fourth-order valence-electron chi connectivity index (χ4n) is 4.75. The Morgan fingerprint density at radius 1 is 1.10 bits per heavy atom. The summed E-state index contributed by atoms with van der Waals surface area (Å²) in [4.78, 5) is 36.5. The molecule has 0 aliphatic carbocycles. The van der Waals surface area contributed by atoms with E-state index in [9.17, 15) is 9.59 Å². The zero-order chi connectivity index (χ0) is 20.7. The van der Waals surface area contributed by atoms with Crippen molar-refractivity contribution in [3.63, 3.8) is 0 Å². The standard InChI is InChI=1S/C23H24N4O3/c1-30-17-6-4-5-16(13-17)27-21(28)14-20(23(27)29)26-11-9-15(10-12-26)22-24-18-7-2-3-8-19(18)25-22/h2-8,13,15,20H,9-12,14H2,1H3,(H,24,25)/p+1/t20-/m0/s1. The Kier molecular flexibility index (Phi) is 4.75. The van der Waals surface area contributed by atoms with E-state index in [4.69, 9.17) is 9.72 Å². The minimum atomic E-state index is -0.305. The second kappa shape index (κ2) is 7.57. The summed E-state index contributed by atoms with van der Waals surface area (Å²) in [5.74, 6) is 1.79. The summed E-state index contributed by atoms with van der Waals surface area (Å²) >= 11 is 0. The van der Waals surface area contributed by atoms with Gasteiger partial charge in [0.2, 0.25) is 5.91 Å². The molecular formula is C23H25N4O3+. The first-order valence-corrected chi connectivity index (χ1v) is 10.4. The van der Waals surface area contributed by atoms with Crippen LogP contribution < -0.4 is 14.5 Å². The second-order valence-electron chi connectivity index (χ2n) is 8.10. The number of benzene rings is 2. The highest BCUT2D eigenvalue weighted by atomic mass is 16.5. The van der Waals surface area contributed by atoms with Gasteiger partial charge in [-0.25, -0.2) is 9.88 Å². The molecule has 2 N–H and O–H groups in total. The number of anilines is 1. The minimum absolute atomic E-state index is 0.106. The summed E-state index contributed by atoms with van der Waals surface area (Å²) in [6.07, 6.45) is 2.17. The highest BCUT2D eigenvalue weighted by molar-refractivity contribution is 6.21. The van der Waals surface area contributed by atoms with Gasteiger partial charge in [-0.05, 0) is 24.3 Å². The smallest absolute Gasteiger partial charge is 0.292 e. The Hall–Kier alpha value is -3.19. The number of piperidine rings is 1. The quantitative estimate of drug-likeness (QED) is 0.647. The number of imide groups is 1. The van der Waals surface area contributed by atoms with E-state index in [1.807, 2.05) is 24.3 Å². The number of aromatic nitrogens is 2. The number of hydrogen-bond donors (Lipinski definition) is 2. The minimum Gasteiger partial charge on any atom is -0.497 e. The number of ether oxygens (including phenoxy) is 1. The molecule has 2 saturated heterocycles. The largest absolute Gasteiger partial charge is 0.497 e. The van der Waals surface area contributed by atoms with E-state index in [0.29, 0.717) is 17.4 Å². The number of hydrogen-bond acceptors (Lipinski definition) is 4. The number of nitrogens with zero attached hydrogens (tertiary/aromatic N) is 2. The fourth-order valence-corrected chi connectivity index (χ4v) is 4.75. The van der Waals surface area contributed by atoms with Crippen molar-refractivity contribution in [1.82, 2.24) is 9.97 Å². The number of aromatic amines is 1. The molecule has 5 rings (SSSR count). The molecule has 154 valence electrons. The predicted octanol–water partition coefficient (Wildman–Crippen LogP) is 1.67. The topological polar surface area (TPSA) is 79.7 Å². The lowest BCUT2D eigenvalue weighted by Crippen LogP contribution is -3.17. The highest BCUT2D eigenvalue weighted by Crippen LogP contribution is 2.27. The Balaban J connectivity index is 1.28. The summed E-state index contributed by atoms with van der Waals surface area (Å²) in [5.41, 5.74) is 2.64. The molecular weight excluding hydrogens is 380 g/mol. The summed E-state index contributed by atoms with van der Waals surface area (Å²) in [5, 5.41) is 0. The van der Waals surface area contributed by atoms with Crippen LogP contribution in [-0.2, 0) is 9.59 Å². The lowest BCUT2D eigenvalue weighted by molar-refractivity contribution is -0.920. The molecule has 2 fully saturated rings. The Labute approximate surface area is 174 Å². The van der Waals surface area contributed by atoms with Gasteiger partial charge in [0.1, 0.15) is 11.6 Å². The Morgan fingerprint density at radius 2 is 1.90 bits per heavy atom. The second-order valence-corrected chi connectivity index (χ2v) is 8.10. The van der Waals surface area contributed by atoms with Crippen molar-refractivity contribution in [2.45, 2.75) is 31.2 Å². The van der Waals surface area contributed by atoms with E-state index in [0.717, 1.165) is 42.8 Å². The van der Waals surface area contributed by atoms with Crippen LogP contribution >= 0.6 is 0 Å². The molecule has 7 nitrogen and oxygen atoms in total. The Bertz CT molecular complexity index is 1070. The first-order valence-electron chi connectivity index (χ1n) is 10.4. The molecule has 0 bridgehead atoms. The van der Waals surface area contributed by atoms with E-state index in [2.05, 4.69) is 4.98 Å². The van der Waals surface area contributed by atoms with Gasteiger partial charge in [-0.2, -0.15) is 0 Å². The van der Waals surface area contributed by atoms with Crippen molar-refractivity contribution >= 4 is 28.5 Å². The van der Waals surface area contributed by atoms with Crippen molar-refractivity contribution in [1.29, 1.82) is 0 Å². The van der Waals surface area contributed by atoms with Gasteiger partial charge in [0.25, 0.3) is 5.91 Å². The number of carbonyl (C=O) groups excluding carboxylic acids is 2. The monoisotopic (exact) mass is 405 g/mol. The van der Waals surface area contributed by atoms with E-state index in [1.54, 1.807) is 31.4 Å². The van der Waals surface area contributed by atoms with E-state index in [1.165, 1.54) is 9.80 Å². The van der Waals surface area contributed by atoms with Crippen LogP contribution in [0.25, 0.3) is 11.0 Å². The number of H-pyrrole nitrogens is 1. The maximum absolute atomic E-state index is 13.1. The van der Waals surface area contributed by atoms with Crippen LogP contribution in [0.2, 0.25) is 0 Å². The van der Waals surface area contributed by atoms with Crippen LogP contribution in [0.5, 0.6) is 5.75 Å². The number of imidazole rings is 1. The number of carbonyl (C=O) groups is 2. The number of amides is 2. The van der Waals surface area contributed by atoms with Crippen molar-refractivity contribution in [2.75, 3.05) is 25.1 Å². The van der Waals surface area contributed by atoms with Gasteiger partial charge in [0.15, 0.2) is 6.04 Å². The maximum atomic E-state index is 13.1. The molecule has 0 unspecified atom stereocenters. The zero-order valence-corrected chi connectivity index (χ0v) is 16.9. The molecule has 30 heavy (non-hydrogen) atoms. The van der Waals surface area contributed by atoms with E-state index >= 15 is 0 Å². The van der Waals surface area contributed by atoms with Gasteiger partial charge >= 0.3 is 0 Å². The Morgan fingerprint density at radius 3 is 2.67 bits per heavy atom. The van der Waals surface area contributed by atoms with Crippen LogP contribution in [0.4, 0.5) is 5.69 Å². The highest BCUT2D eigenvalue weighted by Gasteiger charge is 2.46. The number of likely N-dealkylation sites (tertiary alicyclic amines) is 1. The van der Waals surface area contributed by atoms with Gasteiger partial charge in [0.05, 0.1) is 43.3 Å². The number of fused-ring (bicyclic) bond motifs is 1. The third-order valence-electron chi connectivity index (χ3n) is 6.37. The summed E-state index contributed by atoms with van der Waals surface area (Å²) < 4.78 is 5.24. The zero-order valence-electron chi connectivity index (χ0n) is 16.9. The van der Waals surface area contributed by atoms with Crippen molar-refractivity contribution < 1.29 is 19.2 Å². The van der Waals surface area contributed by atoms with Crippen LogP contribution in [0.1, 0.15) is 31.0 Å². The molecule has 2 aliphatic heterocycles. The lowest BCUT2D eigenvalue weighted by atomic mass is 9.95. The maximum Gasteiger partial charge on any atom is 0.292 e. The number of nitrogens with one attached hydrogen (secondary N) is 2. The molecule has 0 saturated carbocycles. The first-order chi connectivity index (χ1) is 14.6. The van der Waals surface area contributed by atoms with Gasteiger partial charge in [-0.15, -0.1) is 0 Å². The summed E-state index contributed by atoms with van der Waals surface area (Å²) in [6.45, 7) is 1.72. The van der Waals surface area contributed by atoms with E-state index in [-0.39, 0.29) is 24.3 Å². The van der Waals surface area contributed by atoms with Crippen LogP contribution in [0.15, 0.2) is 48.5 Å². The molecule has 2 aliphatic rings. The first kappa shape index (κ1) is 18.8. The van der Waals surface area contributed by atoms with Gasteiger partial charge in [-0.3, -0.25) is 9.59 Å². The molecule has 3 aromatic rings. The van der Waals surface area contributed by atoms with E-state index < -0.39 is 0 Å². The number of methoxy groups -OCH3 is 1. The number of quaternary nitrogens is 1. The fraction of sp³-hybridized carbons (Fsp3) is 0.348. The average Bonchev–Trinajstić information content (AvgIpc) is 3.34. The predicted molar refractivity (Wildman–Crippen MR) is 113 cm³/mol. The van der Waals surface area contributed by atoms with Crippen LogP contribution in [0.3, 0.4) is 0 Å². The molecule has 1 atom stereocenters. The molecule has 3 heterocycles. The van der Waals surface area contributed by atoms with Crippen LogP contribution in [-0.4, -0.2) is 48.0 Å². The average molecular weight is 405 g/mol. The number of rotatable bonds is 4. The number of para-hydroxylation sites is 2. The molecule has 7 heteroatoms. The SMILES string of the molecule is COc1cccc(N2C(=O)C[C@H]([NH+]3CCC(c4nc5ccccc5[nH]4)CC3)C2=O)c1. The summed E-state index contributed by atoms with van der Waals surface area (Å²) in [6, 6.07) is 14.9. The van der Waals surface area contributed by atoms with Crippen molar-refractivity contribution in [3.8, 4) is 5.75 Å². The summed E-state index contributed by atoms with van der Waals surface area (Å²) in [7, 11) is 1.58. The normalized spacial score (nSPS) is 24.6. The van der Waals surface area contributed by atoms with Crippen molar-refractivity contribution in [2.24, 2.45) is 0 Å². The van der Waals surface area contributed by atoms with Crippen LogP contribution in [0, 0.1) is 0 Å². The molecule has 0 spiro atoms. The lowest BCUT2D eigenvalue weighted by Gasteiger charge is -2.31. The molecule has 1 aromatic heterocycles. The van der Waals surface area contributed by atoms with Gasteiger partial charge in [0, 0.05) is 24.8 Å². The third-order valence-corrected chi connectivity index (χ3v) is 6.37. The molecule has 0 radical (unpaired) electrons. The van der Waals surface area contributed by atoms with Crippen molar-refractivity contribution in [3.05, 3.63) is 54.4 Å². The molecule has 2 amide bonds. The molecule has 2 aromatic carbocycles.